The SMILES string of the molecule is O=C(c1cnnn1-c1ccccc1)C1C2C3CCC(C3)C12. The summed E-state index contributed by atoms with van der Waals surface area (Å²) in [4.78, 5) is 12.9. The second-order valence-electron chi connectivity index (χ2n) is 6.74. The fourth-order valence-corrected chi connectivity index (χ4v) is 5.01. The second-order valence-corrected chi connectivity index (χ2v) is 6.74. The van der Waals surface area contributed by atoms with Gasteiger partial charge in [-0.05, 0) is 55.1 Å². The summed E-state index contributed by atoms with van der Waals surface area (Å²) in [7, 11) is 0. The van der Waals surface area contributed by atoms with Gasteiger partial charge >= 0.3 is 0 Å². The number of para-hydroxylation sites is 1. The first-order valence-electron chi connectivity index (χ1n) is 7.85. The van der Waals surface area contributed by atoms with Crippen LogP contribution in [0.5, 0.6) is 0 Å². The minimum absolute atomic E-state index is 0.247. The van der Waals surface area contributed by atoms with E-state index in [1.165, 1.54) is 19.3 Å². The number of hydrogen-bond acceptors (Lipinski definition) is 3. The topological polar surface area (TPSA) is 47.8 Å². The van der Waals surface area contributed by atoms with E-state index >= 15 is 0 Å². The molecule has 21 heavy (non-hydrogen) atoms. The quantitative estimate of drug-likeness (QED) is 0.812. The van der Waals surface area contributed by atoms with E-state index in [0.29, 0.717) is 17.5 Å². The Hall–Kier alpha value is -1.97. The summed E-state index contributed by atoms with van der Waals surface area (Å²) >= 11 is 0. The third kappa shape index (κ3) is 1.53. The molecule has 3 saturated carbocycles. The summed E-state index contributed by atoms with van der Waals surface area (Å²) in [5.74, 6) is 3.46. The summed E-state index contributed by atoms with van der Waals surface area (Å²) in [6.45, 7) is 0. The third-order valence-electron chi connectivity index (χ3n) is 5.84. The largest absolute Gasteiger partial charge is 0.292 e. The van der Waals surface area contributed by atoms with Crippen LogP contribution in [0.1, 0.15) is 29.8 Å². The molecule has 4 heteroatoms. The number of hydrogen-bond donors (Lipinski definition) is 0. The van der Waals surface area contributed by atoms with E-state index in [1.807, 2.05) is 30.3 Å². The maximum Gasteiger partial charge on any atom is 0.186 e. The van der Waals surface area contributed by atoms with Crippen LogP contribution in [0.15, 0.2) is 36.5 Å². The first kappa shape index (κ1) is 11.7. The summed E-state index contributed by atoms with van der Waals surface area (Å²) in [6, 6.07) is 9.80. The molecular formula is C17H17N3O. The van der Waals surface area contributed by atoms with Crippen LogP contribution in [0.3, 0.4) is 0 Å². The van der Waals surface area contributed by atoms with Gasteiger partial charge in [-0.3, -0.25) is 4.79 Å². The normalized spacial score (nSPS) is 35.7. The zero-order valence-corrected chi connectivity index (χ0v) is 11.7. The van der Waals surface area contributed by atoms with E-state index in [4.69, 9.17) is 0 Å². The summed E-state index contributed by atoms with van der Waals surface area (Å²) in [6.07, 6.45) is 5.68. The molecule has 2 bridgehead atoms. The molecular weight excluding hydrogens is 262 g/mol. The number of carbonyl (C=O) groups is 1. The van der Waals surface area contributed by atoms with Gasteiger partial charge in [-0.1, -0.05) is 23.4 Å². The van der Waals surface area contributed by atoms with Crippen molar-refractivity contribution in [2.24, 2.45) is 29.6 Å². The lowest BCUT2D eigenvalue weighted by molar-refractivity contribution is 0.0936. The first-order chi connectivity index (χ1) is 10.3. The molecule has 0 aliphatic heterocycles. The van der Waals surface area contributed by atoms with Gasteiger partial charge in [0.1, 0.15) is 5.69 Å². The average molecular weight is 279 g/mol. The molecule has 1 heterocycles. The predicted octanol–water partition coefficient (Wildman–Crippen LogP) is 2.74. The molecule has 4 unspecified atom stereocenters. The lowest BCUT2D eigenvalue weighted by atomic mass is 9.98. The van der Waals surface area contributed by atoms with Crippen LogP contribution in [0.4, 0.5) is 0 Å². The zero-order valence-electron chi connectivity index (χ0n) is 11.7. The first-order valence-corrected chi connectivity index (χ1v) is 7.85. The molecule has 2 aromatic rings. The highest BCUT2D eigenvalue weighted by Gasteiger charge is 2.67. The molecule has 1 aromatic heterocycles. The van der Waals surface area contributed by atoms with Crippen molar-refractivity contribution in [3.63, 3.8) is 0 Å². The van der Waals surface area contributed by atoms with Crippen molar-refractivity contribution in [3.05, 3.63) is 42.2 Å². The molecule has 1 aromatic carbocycles. The highest BCUT2D eigenvalue weighted by atomic mass is 16.1. The van der Waals surface area contributed by atoms with Crippen LogP contribution in [0.2, 0.25) is 0 Å². The molecule has 3 aliphatic rings. The Morgan fingerprint density at radius 1 is 1.10 bits per heavy atom. The Balaban J connectivity index is 1.47. The lowest BCUT2D eigenvalue weighted by Gasteiger charge is -2.09. The fraction of sp³-hybridized carbons (Fsp3) is 0.471. The van der Waals surface area contributed by atoms with Crippen molar-refractivity contribution < 1.29 is 4.79 Å². The second kappa shape index (κ2) is 4.03. The van der Waals surface area contributed by atoms with Crippen LogP contribution >= 0.6 is 0 Å². The average Bonchev–Trinajstić information content (AvgIpc) is 2.92. The Kier molecular flexibility index (Phi) is 2.24. The van der Waals surface area contributed by atoms with E-state index in [1.54, 1.807) is 10.9 Å². The minimum Gasteiger partial charge on any atom is -0.292 e. The number of benzene rings is 1. The number of carbonyl (C=O) groups excluding carboxylic acids is 1. The Morgan fingerprint density at radius 3 is 2.52 bits per heavy atom. The predicted molar refractivity (Wildman–Crippen MR) is 77.0 cm³/mol. The molecule has 4 nitrogen and oxygen atoms in total. The van der Waals surface area contributed by atoms with Gasteiger partial charge < -0.3 is 0 Å². The molecule has 3 aliphatic carbocycles. The number of fused-ring (bicyclic) bond motifs is 5. The van der Waals surface area contributed by atoms with Crippen molar-refractivity contribution in [2.45, 2.75) is 19.3 Å². The van der Waals surface area contributed by atoms with Gasteiger partial charge in [0.2, 0.25) is 0 Å². The maximum absolute atomic E-state index is 12.9. The molecule has 0 N–H and O–H groups in total. The van der Waals surface area contributed by atoms with Gasteiger partial charge in [-0.25, -0.2) is 4.68 Å². The Labute approximate surface area is 123 Å². The molecule has 0 amide bonds. The molecule has 5 rings (SSSR count). The van der Waals surface area contributed by atoms with Gasteiger partial charge in [0.25, 0.3) is 0 Å². The Morgan fingerprint density at radius 2 is 1.81 bits per heavy atom. The number of nitrogens with zero attached hydrogens (tertiary/aromatic N) is 3. The fourth-order valence-electron chi connectivity index (χ4n) is 5.01. The molecule has 0 spiro atoms. The lowest BCUT2D eigenvalue weighted by Crippen LogP contribution is -2.15. The van der Waals surface area contributed by atoms with Crippen molar-refractivity contribution in [1.29, 1.82) is 0 Å². The van der Waals surface area contributed by atoms with Crippen LogP contribution in [0, 0.1) is 29.6 Å². The van der Waals surface area contributed by atoms with Crippen LogP contribution < -0.4 is 0 Å². The van der Waals surface area contributed by atoms with E-state index in [0.717, 1.165) is 17.5 Å². The van der Waals surface area contributed by atoms with Gasteiger partial charge in [-0.2, -0.15) is 0 Å². The van der Waals surface area contributed by atoms with Crippen molar-refractivity contribution in [2.75, 3.05) is 0 Å². The van der Waals surface area contributed by atoms with Crippen molar-refractivity contribution >= 4 is 5.78 Å². The van der Waals surface area contributed by atoms with Crippen LogP contribution in [0.25, 0.3) is 5.69 Å². The monoisotopic (exact) mass is 279 g/mol. The minimum atomic E-state index is 0.247. The number of rotatable bonds is 3. The standard InChI is InChI=1S/C17H17N3O/c21-17(16-14-10-6-7-11(8-10)15(14)16)13-9-18-19-20(13)12-4-2-1-3-5-12/h1-5,9-11,14-16H,6-8H2. The van der Waals surface area contributed by atoms with Crippen molar-refractivity contribution in [3.8, 4) is 5.69 Å². The van der Waals surface area contributed by atoms with Gasteiger partial charge in [0.15, 0.2) is 5.78 Å². The van der Waals surface area contributed by atoms with Crippen LogP contribution in [-0.2, 0) is 0 Å². The summed E-state index contributed by atoms with van der Waals surface area (Å²) < 4.78 is 1.69. The van der Waals surface area contributed by atoms with Crippen molar-refractivity contribution in [1.82, 2.24) is 15.0 Å². The van der Waals surface area contributed by atoms with Gasteiger partial charge in [0.05, 0.1) is 11.9 Å². The zero-order chi connectivity index (χ0) is 14.0. The van der Waals surface area contributed by atoms with Gasteiger partial charge in [0, 0.05) is 5.92 Å². The number of ketones is 1. The molecule has 3 fully saturated rings. The van der Waals surface area contributed by atoms with Gasteiger partial charge in [-0.15, -0.1) is 5.10 Å². The molecule has 0 saturated heterocycles. The Bertz CT molecular complexity index is 692. The number of aromatic nitrogens is 3. The van der Waals surface area contributed by atoms with Crippen LogP contribution in [-0.4, -0.2) is 20.8 Å². The molecule has 0 radical (unpaired) electrons. The maximum atomic E-state index is 12.9. The summed E-state index contributed by atoms with van der Waals surface area (Å²) in [5, 5.41) is 8.08. The number of Topliss-reactive ketones (excluding diaryl/α,β-unsaturated/α-hetero) is 1. The van der Waals surface area contributed by atoms with E-state index in [-0.39, 0.29) is 11.7 Å². The third-order valence-corrected chi connectivity index (χ3v) is 5.84. The highest BCUT2D eigenvalue weighted by Crippen LogP contribution is 2.69. The summed E-state index contributed by atoms with van der Waals surface area (Å²) in [5.41, 5.74) is 1.56. The van der Waals surface area contributed by atoms with E-state index in [2.05, 4.69) is 10.3 Å². The van der Waals surface area contributed by atoms with E-state index < -0.39 is 0 Å². The molecule has 4 atom stereocenters. The molecule has 106 valence electrons. The smallest absolute Gasteiger partial charge is 0.186 e. The van der Waals surface area contributed by atoms with E-state index in [9.17, 15) is 4.79 Å². The highest BCUT2D eigenvalue weighted by molar-refractivity contribution is 5.99.